The van der Waals surface area contributed by atoms with Crippen LogP contribution < -0.4 is 5.32 Å². The molecule has 0 fully saturated rings. The van der Waals surface area contributed by atoms with E-state index < -0.39 is 11.7 Å². The number of halogens is 3. The molecule has 0 aliphatic carbocycles. The van der Waals surface area contributed by atoms with E-state index in [1.165, 1.54) is 6.07 Å². The number of nitrogens with one attached hydrogen (secondary N) is 1. The van der Waals surface area contributed by atoms with Gasteiger partial charge in [-0.3, -0.25) is 0 Å². The molecular weight excluding hydrogens is 257 g/mol. The molecule has 6 heteroatoms. The van der Waals surface area contributed by atoms with E-state index in [1.54, 1.807) is 6.07 Å². The summed E-state index contributed by atoms with van der Waals surface area (Å²) in [6.07, 6.45) is -3.65. The van der Waals surface area contributed by atoms with Crippen molar-refractivity contribution in [3.8, 4) is 11.5 Å². The second kappa shape index (κ2) is 4.38. The van der Waals surface area contributed by atoms with E-state index in [9.17, 15) is 13.2 Å². The number of fused-ring (bicyclic) bond motifs is 1. The number of hydrogen-bond donors (Lipinski definition) is 1. The van der Waals surface area contributed by atoms with E-state index in [0.717, 1.165) is 30.1 Å². The van der Waals surface area contributed by atoms with Gasteiger partial charge in [-0.15, -0.1) is 0 Å². The summed E-state index contributed by atoms with van der Waals surface area (Å²) in [5, 5.41) is 3.14. The molecular formula is C13H11F3N2O. The average molecular weight is 268 g/mol. The Morgan fingerprint density at radius 1 is 1.26 bits per heavy atom. The second-order valence-corrected chi connectivity index (χ2v) is 4.39. The number of rotatable bonds is 1. The van der Waals surface area contributed by atoms with Crippen LogP contribution >= 0.6 is 0 Å². The first-order chi connectivity index (χ1) is 9.04. The summed E-state index contributed by atoms with van der Waals surface area (Å²) < 4.78 is 43.5. The predicted molar refractivity (Wildman–Crippen MR) is 62.4 cm³/mol. The molecule has 1 aromatic carbocycles. The zero-order chi connectivity index (χ0) is 13.5. The summed E-state index contributed by atoms with van der Waals surface area (Å²) in [7, 11) is 0. The number of hydrogen-bond acceptors (Lipinski definition) is 3. The van der Waals surface area contributed by atoms with Gasteiger partial charge in [0.05, 0.1) is 11.3 Å². The highest BCUT2D eigenvalue weighted by Crippen LogP contribution is 2.32. The third kappa shape index (κ3) is 2.35. The van der Waals surface area contributed by atoms with Crippen LogP contribution in [-0.4, -0.2) is 11.5 Å². The average Bonchev–Trinajstić information content (AvgIpc) is 2.81. The molecule has 1 aliphatic heterocycles. The minimum Gasteiger partial charge on any atom is -0.441 e. The van der Waals surface area contributed by atoms with Crippen molar-refractivity contribution < 1.29 is 17.6 Å². The van der Waals surface area contributed by atoms with E-state index in [0.29, 0.717) is 18.5 Å². The third-order valence-electron chi connectivity index (χ3n) is 3.04. The molecule has 0 atom stereocenters. The van der Waals surface area contributed by atoms with E-state index in [-0.39, 0.29) is 5.89 Å². The molecule has 0 radical (unpaired) electrons. The molecule has 1 aliphatic rings. The highest BCUT2D eigenvalue weighted by atomic mass is 19.4. The SMILES string of the molecule is FC(F)(F)c1cccc(-c2nc3c(o2)CCNC3)c1. The summed E-state index contributed by atoms with van der Waals surface area (Å²) in [5.74, 6) is 1.01. The first kappa shape index (κ1) is 12.2. The van der Waals surface area contributed by atoms with Gasteiger partial charge in [-0.2, -0.15) is 13.2 Å². The van der Waals surface area contributed by atoms with E-state index >= 15 is 0 Å². The van der Waals surface area contributed by atoms with Crippen molar-refractivity contribution in [2.75, 3.05) is 6.54 Å². The normalized spacial score (nSPS) is 15.3. The molecule has 19 heavy (non-hydrogen) atoms. The lowest BCUT2D eigenvalue weighted by atomic mass is 10.1. The van der Waals surface area contributed by atoms with Crippen LogP contribution in [0.1, 0.15) is 17.0 Å². The minimum atomic E-state index is -4.36. The van der Waals surface area contributed by atoms with Gasteiger partial charge in [0.1, 0.15) is 5.76 Å². The van der Waals surface area contributed by atoms with Gasteiger partial charge in [0.25, 0.3) is 0 Å². The highest BCUT2D eigenvalue weighted by Gasteiger charge is 2.31. The summed E-state index contributed by atoms with van der Waals surface area (Å²) in [5.41, 5.74) is 0.433. The van der Waals surface area contributed by atoms with Gasteiger partial charge in [-0.1, -0.05) is 6.07 Å². The second-order valence-electron chi connectivity index (χ2n) is 4.39. The summed E-state index contributed by atoms with van der Waals surface area (Å²) in [4.78, 5) is 4.25. The van der Waals surface area contributed by atoms with Gasteiger partial charge in [0.15, 0.2) is 0 Å². The molecule has 0 amide bonds. The first-order valence-electron chi connectivity index (χ1n) is 5.91. The van der Waals surface area contributed by atoms with Crippen LogP contribution in [0.15, 0.2) is 28.7 Å². The quantitative estimate of drug-likeness (QED) is 0.864. The Kier molecular flexibility index (Phi) is 2.82. The fourth-order valence-corrected chi connectivity index (χ4v) is 2.08. The zero-order valence-electron chi connectivity index (χ0n) is 9.92. The van der Waals surface area contributed by atoms with Crippen LogP contribution in [0.3, 0.4) is 0 Å². The van der Waals surface area contributed by atoms with Crippen LogP contribution in [0.4, 0.5) is 13.2 Å². The Morgan fingerprint density at radius 3 is 2.84 bits per heavy atom. The Balaban J connectivity index is 2.00. The number of nitrogens with zero attached hydrogens (tertiary/aromatic N) is 1. The lowest BCUT2D eigenvalue weighted by Crippen LogP contribution is -2.22. The molecule has 100 valence electrons. The lowest BCUT2D eigenvalue weighted by Gasteiger charge is -2.08. The molecule has 1 N–H and O–H groups in total. The number of oxazole rings is 1. The maximum absolute atomic E-state index is 12.6. The Bertz CT molecular complexity index is 581. The molecule has 0 spiro atoms. The molecule has 0 unspecified atom stereocenters. The van der Waals surface area contributed by atoms with E-state index in [4.69, 9.17) is 4.42 Å². The predicted octanol–water partition coefficient (Wildman–Crippen LogP) is 3.01. The van der Waals surface area contributed by atoms with Crippen LogP contribution in [-0.2, 0) is 19.1 Å². The smallest absolute Gasteiger partial charge is 0.416 e. The molecule has 1 aromatic heterocycles. The molecule has 0 bridgehead atoms. The monoisotopic (exact) mass is 268 g/mol. The van der Waals surface area contributed by atoms with Crippen molar-refractivity contribution in [1.82, 2.24) is 10.3 Å². The van der Waals surface area contributed by atoms with Crippen LogP contribution in [0, 0.1) is 0 Å². The van der Waals surface area contributed by atoms with Gasteiger partial charge in [0.2, 0.25) is 5.89 Å². The Morgan fingerprint density at radius 2 is 2.11 bits per heavy atom. The van der Waals surface area contributed by atoms with Gasteiger partial charge >= 0.3 is 6.18 Å². The molecule has 3 nitrogen and oxygen atoms in total. The fourth-order valence-electron chi connectivity index (χ4n) is 2.08. The van der Waals surface area contributed by atoms with E-state index in [1.807, 2.05) is 0 Å². The van der Waals surface area contributed by atoms with Crippen molar-refractivity contribution >= 4 is 0 Å². The molecule has 2 heterocycles. The summed E-state index contributed by atoms with van der Waals surface area (Å²) in [6, 6.07) is 5.03. The first-order valence-corrected chi connectivity index (χ1v) is 5.91. The largest absolute Gasteiger partial charge is 0.441 e. The Labute approximate surface area is 107 Å². The van der Waals surface area contributed by atoms with Gasteiger partial charge in [-0.05, 0) is 18.2 Å². The van der Waals surface area contributed by atoms with Crippen molar-refractivity contribution in [2.45, 2.75) is 19.1 Å². The third-order valence-corrected chi connectivity index (χ3v) is 3.04. The topological polar surface area (TPSA) is 38.1 Å². The van der Waals surface area contributed by atoms with Crippen molar-refractivity contribution in [3.05, 3.63) is 41.3 Å². The van der Waals surface area contributed by atoms with Crippen molar-refractivity contribution in [1.29, 1.82) is 0 Å². The molecule has 3 rings (SSSR count). The minimum absolute atomic E-state index is 0.250. The van der Waals surface area contributed by atoms with E-state index in [2.05, 4.69) is 10.3 Å². The Hall–Kier alpha value is -1.82. The van der Waals surface area contributed by atoms with Crippen LogP contribution in [0.25, 0.3) is 11.5 Å². The molecule has 0 saturated heterocycles. The van der Waals surface area contributed by atoms with Gasteiger partial charge in [0, 0.05) is 25.1 Å². The zero-order valence-corrected chi connectivity index (χ0v) is 9.92. The summed E-state index contributed by atoms with van der Waals surface area (Å²) >= 11 is 0. The number of alkyl halides is 3. The van der Waals surface area contributed by atoms with Gasteiger partial charge < -0.3 is 9.73 Å². The summed E-state index contributed by atoms with van der Waals surface area (Å²) in [6.45, 7) is 1.39. The maximum Gasteiger partial charge on any atom is 0.416 e. The van der Waals surface area contributed by atoms with Crippen LogP contribution in [0.5, 0.6) is 0 Å². The molecule has 0 saturated carbocycles. The molecule has 2 aromatic rings. The number of benzene rings is 1. The fraction of sp³-hybridized carbons (Fsp3) is 0.308. The lowest BCUT2D eigenvalue weighted by molar-refractivity contribution is -0.137. The standard InChI is InChI=1S/C13H11F3N2O/c14-13(15,16)9-3-1-2-8(6-9)12-18-10-7-17-5-4-11(10)19-12/h1-3,6,17H,4-5,7H2. The van der Waals surface area contributed by atoms with Crippen LogP contribution in [0.2, 0.25) is 0 Å². The van der Waals surface area contributed by atoms with Gasteiger partial charge in [-0.25, -0.2) is 4.98 Å². The van der Waals surface area contributed by atoms with Crippen molar-refractivity contribution in [2.24, 2.45) is 0 Å². The number of aromatic nitrogens is 1. The maximum atomic E-state index is 12.6. The highest BCUT2D eigenvalue weighted by molar-refractivity contribution is 5.55. The van der Waals surface area contributed by atoms with Crippen molar-refractivity contribution in [3.63, 3.8) is 0 Å².